The maximum Gasteiger partial charge on any atom is 0.0705 e. The molecule has 1 heterocycles. The van der Waals surface area contributed by atoms with Gasteiger partial charge in [-0.05, 0) is 31.0 Å². The Kier molecular flexibility index (Phi) is 4.64. The number of nitrogens with zero attached hydrogens (tertiary/aromatic N) is 1. The summed E-state index contributed by atoms with van der Waals surface area (Å²) in [6, 6.07) is 10.2. The van der Waals surface area contributed by atoms with Gasteiger partial charge in [0.25, 0.3) is 0 Å². The topological polar surface area (TPSA) is 60.2 Å². The number of nitrogens with two attached hydrogens (primary N) is 1. The highest BCUT2D eigenvalue weighted by atomic mass is 16.5. The van der Waals surface area contributed by atoms with Gasteiger partial charge in [0.05, 0.1) is 5.52 Å². The van der Waals surface area contributed by atoms with Gasteiger partial charge >= 0.3 is 0 Å². The zero-order chi connectivity index (χ0) is 12.8. The van der Waals surface area contributed by atoms with Gasteiger partial charge in [-0.3, -0.25) is 16.3 Å². The smallest absolute Gasteiger partial charge is 0.0705 e. The standard InChI is InChI=1S/C14H19N3O/c1-2-18-10-8-14(17-15)12-5-3-7-13-11(12)6-4-9-16-13/h3-7,9,14,17H,2,8,10,15H2,1H3. The van der Waals surface area contributed by atoms with Gasteiger partial charge in [-0.25, -0.2) is 0 Å². The second kappa shape index (κ2) is 6.44. The predicted molar refractivity (Wildman–Crippen MR) is 72.9 cm³/mol. The molecule has 2 aromatic rings. The maximum atomic E-state index is 5.65. The molecule has 0 aliphatic carbocycles. The van der Waals surface area contributed by atoms with Crippen molar-refractivity contribution in [3.63, 3.8) is 0 Å². The molecule has 1 aromatic heterocycles. The Morgan fingerprint density at radius 3 is 3.00 bits per heavy atom. The minimum atomic E-state index is 0.0875. The number of nitrogens with one attached hydrogen (secondary N) is 1. The van der Waals surface area contributed by atoms with Crippen molar-refractivity contribution in [2.45, 2.75) is 19.4 Å². The fraction of sp³-hybridized carbons (Fsp3) is 0.357. The van der Waals surface area contributed by atoms with Crippen LogP contribution < -0.4 is 11.3 Å². The summed E-state index contributed by atoms with van der Waals surface area (Å²) in [6.07, 6.45) is 2.65. The molecule has 0 amide bonds. The molecule has 0 bridgehead atoms. The number of hydrazine groups is 1. The summed E-state index contributed by atoms with van der Waals surface area (Å²) in [5, 5.41) is 1.14. The lowest BCUT2D eigenvalue weighted by Gasteiger charge is -2.18. The van der Waals surface area contributed by atoms with E-state index in [-0.39, 0.29) is 6.04 Å². The van der Waals surface area contributed by atoms with Gasteiger partial charge in [-0.2, -0.15) is 0 Å². The summed E-state index contributed by atoms with van der Waals surface area (Å²) >= 11 is 0. The summed E-state index contributed by atoms with van der Waals surface area (Å²) in [5.41, 5.74) is 5.02. The second-order valence-electron chi connectivity index (χ2n) is 4.12. The van der Waals surface area contributed by atoms with E-state index >= 15 is 0 Å². The van der Waals surface area contributed by atoms with Crippen LogP contribution in [-0.4, -0.2) is 18.2 Å². The van der Waals surface area contributed by atoms with Crippen LogP contribution in [0.3, 0.4) is 0 Å². The summed E-state index contributed by atoms with van der Waals surface area (Å²) in [7, 11) is 0. The van der Waals surface area contributed by atoms with E-state index in [1.54, 1.807) is 6.20 Å². The first kappa shape index (κ1) is 13.0. The van der Waals surface area contributed by atoms with Crippen molar-refractivity contribution in [3.8, 4) is 0 Å². The normalized spacial score (nSPS) is 12.8. The highest BCUT2D eigenvalue weighted by Crippen LogP contribution is 2.24. The van der Waals surface area contributed by atoms with E-state index in [0.29, 0.717) is 6.61 Å². The quantitative estimate of drug-likeness (QED) is 0.465. The monoisotopic (exact) mass is 245 g/mol. The van der Waals surface area contributed by atoms with Crippen molar-refractivity contribution in [1.29, 1.82) is 0 Å². The van der Waals surface area contributed by atoms with Crippen molar-refractivity contribution in [2.24, 2.45) is 5.84 Å². The lowest BCUT2D eigenvalue weighted by Crippen LogP contribution is -2.29. The summed E-state index contributed by atoms with van der Waals surface area (Å²) in [5.74, 6) is 5.65. The maximum absolute atomic E-state index is 5.65. The highest BCUT2D eigenvalue weighted by molar-refractivity contribution is 5.82. The van der Waals surface area contributed by atoms with E-state index in [1.165, 1.54) is 5.56 Å². The third kappa shape index (κ3) is 2.85. The molecule has 0 saturated carbocycles. The van der Waals surface area contributed by atoms with Crippen LogP contribution >= 0.6 is 0 Å². The number of ether oxygens (including phenoxy) is 1. The third-order valence-electron chi connectivity index (χ3n) is 3.01. The molecule has 0 aliphatic rings. The van der Waals surface area contributed by atoms with Crippen molar-refractivity contribution >= 4 is 10.9 Å². The lowest BCUT2D eigenvalue weighted by molar-refractivity contribution is 0.136. The molecule has 1 unspecified atom stereocenters. The molecular formula is C14H19N3O. The minimum Gasteiger partial charge on any atom is -0.382 e. The zero-order valence-electron chi connectivity index (χ0n) is 10.6. The molecule has 0 radical (unpaired) electrons. The first-order valence-corrected chi connectivity index (χ1v) is 6.24. The van der Waals surface area contributed by atoms with Crippen LogP contribution in [-0.2, 0) is 4.74 Å². The number of fused-ring (bicyclic) bond motifs is 1. The average Bonchev–Trinajstić information content (AvgIpc) is 2.43. The Morgan fingerprint density at radius 2 is 2.22 bits per heavy atom. The van der Waals surface area contributed by atoms with Crippen LogP contribution in [0.25, 0.3) is 10.9 Å². The van der Waals surface area contributed by atoms with Crippen molar-refractivity contribution in [1.82, 2.24) is 10.4 Å². The summed E-state index contributed by atoms with van der Waals surface area (Å²) < 4.78 is 5.39. The first-order chi connectivity index (χ1) is 8.86. The van der Waals surface area contributed by atoms with Gasteiger partial charge in [0.15, 0.2) is 0 Å². The Balaban J connectivity index is 2.27. The predicted octanol–water partition coefficient (Wildman–Crippen LogP) is 2.17. The third-order valence-corrected chi connectivity index (χ3v) is 3.01. The van der Waals surface area contributed by atoms with Gasteiger partial charge < -0.3 is 4.74 Å². The number of benzene rings is 1. The SMILES string of the molecule is CCOCCC(NN)c1cccc2ncccc12. The molecule has 0 saturated heterocycles. The van der Waals surface area contributed by atoms with E-state index in [1.807, 2.05) is 25.1 Å². The van der Waals surface area contributed by atoms with Crippen LogP contribution in [0.1, 0.15) is 24.9 Å². The molecule has 96 valence electrons. The summed E-state index contributed by atoms with van der Waals surface area (Å²) in [6.45, 7) is 3.42. The van der Waals surface area contributed by atoms with E-state index in [9.17, 15) is 0 Å². The minimum absolute atomic E-state index is 0.0875. The number of aromatic nitrogens is 1. The van der Waals surface area contributed by atoms with Gasteiger partial charge in [0.1, 0.15) is 0 Å². The zero-order valence-corrected chi connectivity index (χ0v) is 10.6. The molecule has 0 fully saturated rings. The number of hydrogen-bond acceptors (Lipinski definition) is 4. The molecule has 4 nitrogen and oxygen atoms in total. The molecule has 18 heavy (non-hydrogen) atoms. The number of pyridine rings is 1. The Labute approximate surface area is 107 Å². The van der Waals surface area contributed by atoms with Crippen LogP contribution in [0, 0.1) is 0 Å². The fourth-order valence-electron chi connectivity index (χ4n) is 2.11. The van der Waals surface area contributed by atoms with Gasteiger partial charge in [0.2, 0.25) is 0 Å². The largest absolute Gasteiger partial charge is 0.382 e. The molecule has 0 spiro atoms. The van der Waals surface area contributed by atoms with E-state index in [2.05, 4.69) is 22.5 Å². The van der Waals surface area contributed by atoms with Crippen molar-refractivity contribution < 1.29 is 4.74 Å². The molecule has 1 atom stereocenters. The Morgan fingerprint density at radius 1 is 1.33 bits per heavy atom. The van der Waals surface area contributed by atoms with Gasteiger partial charge in [0, 0.05) is 30.8 Å². The van der Waals surface area contributed by atoms with Crippen LogP contribution in [0.15, 0.2) is 36.5 Å². The Bertz CT molecular complexity index is 496. The Hall–Kier alpha value is -1.49. The van der Waals surface area contributed by atoms with Crippen LogP contribution in [0.5, 0.6) is 0 Å². The molecular weight excluding hydrogens is 226 g/mol. The molecule has 0 aliphatic heterocycles. The lowest BCUT2D eigenvalue weighted by atomic mass is 9.99. The number of rotatable bonds is 6. The summed E-state index contributed by atoms with van der Waals surface area (Å²) in [4.78, 5) is 4.36. The molecule has 3 N–H and O–H groups in total. The average molecular weight is 245 g/mol. The van der Waals surface area contributed by atoms with Crippen LogP contribution in [0.2, 0.25) is 0 Å². The second-order valence-corrected chi connectivity index (χ2v) is 4.12. The molecule has 1 aromatic carbocycles. The first-order valence-electron chi connectivity index (χ1n) is 6.24. The fourth-order valence-corrected chi connectivity index (χ4v) is 2.11. The van der Waals surface area contributed by atoms with Crippen LogP contribution in [0.4, 0.5) is 0 Å². The van der Waals surface area contributed by atoms with E-state index < -0.39 is 0 Å². The molecule has 2 rings (SSSR count). The highest BCUT2D eigenvalue weighted by Gasteiger charge is 2.12. The number of hydrogen-bond donors (Lipinski definition) is 2. The van der Waals surface area contributed by atoms with Crippen molar-refractivity contribution in [3.05, 3.63) is 42.1 Å². The van der Waals surface area contributed by atoms with Crippen molar-refractivity contribution in [2.75, 3.05) is 13.2 Å². The van der Waals surface area contributed by atoms with Gasteiger partial charge in [-0.15, -0.1) is 0 Å². The van der Waals surface area contributed by atoms with E-state index in [4.69, 9.17) is 10.6 Å². The van der Waals surface area contributed by atoms with E-state index in [0.717, 1.165) is 23.9 Å². The molecule has 4 heteroatoms. The van der Waals surface area contributed by atoms with Gasteiger partial charge in [-0.1, -0.05) is 18.2 Å².